The molecule has 1 unspecified atom stereocenters. The first-order valence-electron chi connectivity index (χ1n) is 5.18. The van der Waals surface area contributed by atoms with Gasteiger partial charge in [-0.3, -0.25) is 4.98 Å². The number of hydrogen-bond acceptors (Lipinski definition) is 3. The van der Waals surface area contributed by atoms with Crippen molar-refractivity contribution in [2.75, 3.05) is 6.54 Å². The van der Waals surface area contributed by atoms with E-state index in [1.165, 1.54) is 5.56 Å². The molecule has 84 valence electrons. The van der Waals surface area contributed by atoms with E-state index in [9.17, 15) is 0 Å². The highest BCUT2D eigenvalue weighted by Crippen LogP contribution is 2.30. The lowest BCUT2D eigenvalue weighted by Gasteiger charge is -2.16. The molecule has 2 aromatic rings. The first-order chi connectivity index (χ1) is 7.83. The molecule has 2 heterocycles. The van der Waals surface area contributed by atoms with E-state index in [4.69, 9.17) is 0 Å². The van der Waals surface area contributed by atoms with Crippen LogP contribution in [-0.2, 0) is 0 Å². The molecule has 0 aromatic carbocycles. The molecule has 2 aromatic heterocycles. The van der Waals surface area contributed by atoms with Gasteiger partial charge in [0.2, 0.25) is 0 Å². The Bertz CT molecular complexity index is 441. The highest BCUT2D eigenvalue weighted by atomic mass is 79.9. The van der Waals surface area contributed by atoms with E-state index in [0.29, 0.717) is 0 Å². The highest BCUT2D eigenvalue weighted by Gasteiger charge is 2.17. The molecule has 4 heteroatoms. The summed E-state index contributed by atoms with van der Waals surface area (Å²) in [6.45, 7) is 3.03. The van der Waals surface area contributed by atoms with Gasteiger partial charge in [0.15, 0.2) is 0 Å². The minimum Gasteiger partial charge on any atom is -0.305 e. The first-order valence-corrected chi connectivity index (χ1v) is 6.92. The van der Waals surface area contributed by atoms with Crippen molar-refractivity contribution >= 4 is 27.3 Å². The normalized spacial score (nSPS) is 12.6. The fraction of sp³-hybridized carbons (Fsp3) is 0.250. The van der Waals surface area contributed by atoms with Gasteiger partial charge in [-0.1, -0.05) is 13.0 Å². The van der Waals surface area contributed by atoms with Gasteiger partial charge in [-0.05, 0) is 45.6 Å². The van der Waals surface area contributed by atoms with Gasteiger partial charge in [0, 0.05) is 16.0 Å². The van der Waals surface area contributed by atoms with Crippen molar-refractivity contribution in [3.05, 3.63) is 50.9 Å². The van der Waals surface area contributed by atoms with Gasteiger partial charge in [0.25, 0.3) is 0 Å². The molecule has 0 amide bonds. The van der Waals surface area contributed by atoms with Crippen LogP contribution in [0.15, 0.2) is 39.6 Å². The average molecular weight is 297 g/mol. The number of pyridine rings is 1. The molecule has 0 spiro atoms. The van der Waals surface area contributed by atoms with E-state index in [-0.39, 0.29) is 6.04 Å². The zero-order valence-electron chi connectivity index (χ0n) is 8.98. The summed E-state index contributed by atoms with van der Waals surface area (Å²) in [5, 5.41) is 7.71. The predicted octanol–water partition coefficient (Wildman–Crippen LogP) is 3.60. The van der Waals surface area contributed by atoms with Crippen LogP contribution in [0.3, 0.4) is 0 Å². The van der Waals surface area contributed by atoms with Crippen molar-refractivity contribution in [3.63, 3.8) is 0 Å². The third-order valence-corrected chi connectivity index (χ3v) is 4.10. The Kier molecular flexibility index (Phi) is 4.09. The fourth-order valence-corrected chi connectivity index (χ4v) is 3.17. The topological polar surface area (TPSA) is 24.9 Å². The van der Waals surface area contributed by atoms with E-state index in [1.807, 2.05) is 18.3 Å². The Labute approximate surface area is 108 Å². The van der Waals surface area contributed by atoms with E-state index in [0.717, 1.165) is 16.7 Å². The number of halogens is 1. The van der Waals surface area contributed by atoms with Crippen LogP contribution in [0.1, 0.15) is 24.2 Å². The molecule has 1 atom stereocenters. The number of thiophene rings is 1. The SMILES string of the molecule is CCNC(c1ccccn1)c1cscc1Br. The van der Waals surface area contributed by atoms with Gasteiger partial charge in [0.1, 0.15) is 0 Å². The number of hydrogen-bond donors (Lipinski definition) is 1. The van der Waals surface area contributed by atoms with E-state index in [2.05, 4.69) is 50.0 Å². The summed E-state index contributed by atoms with van der Waals surface area (Å²) in [7, 11) is 0. The van der Waals surface area contributed by atoms with Gasteiger partial charge >= 0.3 is 0 Å². The number of aromatic nitrogens is 1. The van der Waals surface area contributed by atoms with Gasteiger partial charge < -0.3 is 5.32 Å². The predicted molar refractivity (Wildman–Crippen MR) is 71.8 cm³/mol. The van der Waals surface area contributed by atoms with Crippen LogP contribution >= 0.6 is 27.3 Å². The molecule has 0 aliphatic carbocycles. The zero-order chi connectivity index (χ0) is 11.4. The minimum atomic E-state index is 0.173. The van der Waals surface area contributed by atoms with Crippen LogP contribution in [-0.4, -0.2) is 11.5 Å². The maximum absolute atomic E-state index is 4.42. The number of nitrogens with one attached hydrogen (secondary N) is 1. The van der Waals surface area contributed by atoms with Gasteiger partial charge in [-0.25, -0.2) is 0 Å². The van der Waals surface area contributed by atoms with Gasteiger partial charge in [-0.2, -0.15) is 11.3 Å². The Morgan fingerprint density at radius 1 is 1.44 bits per heavy atom. The summed E-state index contributed by atoms with van der Waals surface area (Å²) in [6, 6.07) is 6.19. The quantitative estimate of drug-likeness (QED) is 0.932. The average Bonchev–Trinajstić information content (AvgIpc) is 2.73. The maximum Gasteiger partial charge on any atom is 0.0770 e. The van der Waals surface area contributed by atoms with Crippen molar-refractivity contribution in [1.29, 1.82) is 0 Å². The molecular formula is C12H13BrN2S. The smallest absolute Gasteiger partial charge is 0.0770 e. The second-order valence-electron chi connectivity index (χ2n) is 3.42. The molecule has 0 fully saturated rings. The Hall–Kier alpha value is -0.710. The third kappa shape index (κ3) is 2.51. The van der Waals surface area contributed by atoms with Crippen molar-refractivity contribution in [1.82, 2.24) is 10.3 Å². The molecule has 2 nitrogen and oxygen atoms in total. The molecule has 0 saturated heterocycles. The van der Waals surface area contributed by atoms with Crippen molar-refractivity contribution in [2.45, 2.75) is 13.0 Å². The monoisotopic (exact) mass is 296 g/mol. The minimum absolute atomic E-state index is 0.173. The zero-order valence-corrected chi connectivity index (χ0v) is 11.4. The van der Waals surface area contributed by atoms with E-state index < -0.39 is 0 Å². The lowest BCUT2D eigenvalue weighted by Crippen LogP contribution is -2.22. The Balaban J connectivity index is 2.35. The summed E-state index contributed by atoms with van der Waals surface area (Å²) in [5.74, 6) is 0. The van der Waals surface area contributed by atoms with Crippen LogP contribution in [0, 0.1) is 0 Å². The van der Waals surface area contributed by atoms with Crippen LogP contribution in [0.2, 0.25) is 0 Å². The second kappa shape index (κ2) is 5.57. The Morgan fingerprint density at radius 3 is 2.88 bits per heavy atom. The molecule has 0 aliphatic rings. The first kappa shape index (κ1) is 11.8. The molecule has 2 rings (SSSR count). The summed E-state index contributed by atoms with van der Waals surface area (Å²) in [5.41, 5.74) is 2.31. The fourth-order valence-electron chi connectivity index (χ4n) is 1.62. The molecule has 0 saturated carbocycles. The maximum atomic E-state index is 4.42. The molecule has 0 radical (unpaired) electrons. The van der Waals surface area contributed by atoms with Gasteiger partial charge in [0.05, 0.1) is 11.7 Å². The van der Waals surface area contributed by atoms with Gasteiger partial charge in [-0.15, -0.1) is 0 Å². The second-order valence-corrected chi connectivity index (χ2v) is 5.02. The lowest BCUT2D eigenvalue weighted by molar-refractivity contribution is 0.615. The summed E-state index contributed by atoms with van der Waals surface area (Å²) in [6.07, 6.45) is 1.83. The van der Waals surface area contributed by atoms with Crippen LogP contribution in [0.25, 0.3) is 0 Å². The largest absolute Gasteiger partial charge is 0.305 e. The Morgan fingerprint density at radius 2 is 2.31 bits per heavy atom. The summed E-state index contributed by atoms with van der Waals surface area (Å²) < 4.78 is 1.15. The lowest BCUT2D eigenvalue weighted by atomic mass is 10.1. The number of rotatable bonds is 4. The van der Waals surface area contributed by atoms with E-state index >= 15 is 0 Å². The summed E-state index contributed by atoms with van der Waals surface area (Å²) in [4.78, 5) is 4.42. The molecule has 1 N–H and O–H groups in total. The number of nitrogens with zero attached hydrogens (tertiary/aromatic N) is 1. The molecule has 0 bridgehead atoms. The third-order valence-electron chi connectivity index (χ3n) is 2.35. The van der Waals surface area contributed by atoms with Crippen LogP contribution in [0.4, 0.5) is 0 Å². The summed E-state index contributed by atoms with van der Waals surface area (Å²) >= 11 is 5.28. The van der Waals surface area contributed by atoms with Crippen LogP contribution in [0.5, 0.6) is 0 Å². The van der Waals surface area contributed by atoms with Crippen molar-refractivity contribution in [3.8, 4) is 0 Å². The van der Waals surface area contributed by atoms with Crippen LogP contribution < -0.4 is 5.32 Å². The molecule has 16 heavy (non-hydrogen) atoms. The molecule has 0 aliphatic heterocycles. The van der Waals surface area contributed by atoms with E-state index in [1.54, 1.807) is 11.3 Å². The van der Waals surface area contributed by atoms with Crippen molar-refractivity contribution < 1.29 is 0 Å². The van der Waals surface area contributed by atoms with Crippen molar-refractivity contribution in [2.24, 2.45) is 0 Å². The molecular weight excluding hydrogens is 284 g/mol. The standard InChI is InChI=1S/C12H13BrN2S/c1-2-14-12(9-7-16-8-10(9)13)11-5-3-4-6-15-11/h3-8,12,14H,2H2,1H3. The highest BCUT2D eigenvalue weighted by molar-refractivity contribution is 9.10.